The zero-order chi connectivity index (χ0) is 18.0. The van der Waals surface area contributed by atoms with Crippen LogP contribution in [0.25, 0.3) is 0 Å². The fraction of sp³-hybridized carbons (Fsp3) is 0.312. The third-order valence-electron chi connectivity index (χ3n) is 4.06. The van der Waals surface area contributed by atoms with Crippen molar-refractivity contribution in [2.45, 2.75) is 18.9 Å². The van der Waals surface area contributed by atoms with Crippen LogP contribution >= 0.6 is 23.2 Å². The highest BCUT2D eigenvalue weighted by Gasteiger charge is 2.24. The molecule has 7 nitrogen and oxygen atoms in total. The van der Waals surface area contributed by atoms with Crippen LogP contribution in [0.1, 0.15) is 23.2 Å². The second-order valence-electron chi connectivity index (χ2n) is 5.78. The molecule has 0 bridgehead atoms. The molecule has 1 aliphatic rings. The van der Waals surface area contributed by atoms with E-state index in [-0.39, 0.29) is 33.0 Å². The Morgan fingerprint density at radius 1 is 1.32 bits per heavy atom. The quantitative estimate of drug-likeness (QED) is 0.755. The number of nitrogens with zero attached hydrogens (tertiary/aromatic N) is 2. The molecule has 1 aliphatic heterocycles. The number of anilines is 1. The maximum Gasteiger partial charge on any atom is 0.255 e. The van der Waals surface area contributed by atoms with Crippen LogP contribution in [0, 0.1) is 0 Å². The number of carbonyl (C=O) groups is 1. The minimum atomic E-state index is -0.424. The summed E-state index contributed by atoms with van der Waals surface area (Å²) in [6.45, 7) is 1.28. The molecule has 2 heterocycles. The van der Waals surface area contributed by atoms with Crippen molar-refractivity contribution in [2.24, 2.45) is 0 Å². The molecule has 0 radical (unpaired) electrons. The van der Waals surface area contributed by atoms with Crippen LogP contribution in [-0.4, -0.2) is 40.1 Å². The van der Waals surface area contributed by atoms with E-state index >= 15 is 0 Å². The first kappa shape index (κ1) is 17.6. The first-order chi connectivity index (χ1) is 11.9. The van der Waals surface area contributed by atoms with Crippen LogP contribution in [0.4, 0.5) is 5.95 Å². The number of nitrogens with one attached hydrogen (secondary N) is 2. The minimum absolute atomic E-state index is 0.0339. The summed E-state index contributed by atoms with van der Waals surface area (Å²) in [6.07, 6.45) is 2.83. The Labute approximate surface area is 153 Å². The van der Waals surface area contributed by atoms with Gasteiger partial charge in [-0.05, 0) is 25.0 Å². The van der Waals surface area contributed by atoms with Crippen LogP contribution in [0.5, 0.6) is 5.75 Å². The Kier molecular flexibility index (Phi) is 5.15. The number of aromatic hydroxyl groups is 1. The third kappa shape index (κ3) is 4.05. The fourth-order valence-electron chi connectivity index (χ4n) is 2.76. The highest BCUT2D eigenvalue weighted by atomic mass is 35.5. The summed E-state index contributed by atoms with van der Waals surface area (Å²) in [6, 6.07) is 4.06. The molecule has 1 fully saturated rings. The number of hydrogen-bond donors (Lipinski definition) is 3. The topological polar surface area (TPSA) is 98.3 Å². The molecule has 0 saturated carbocycles. The summed E-state index contributed by atoms with van der Waals surface area (Å²) in [7, 11) is 0. The summed E-state index contributed by atoms with van der Waals surface area (Å²) in [5, 5.41) is 13.1. The molecule has 3 N–H and O–H groups in total. The van der Waals surface area contributed by atoms with E-state index in [0.717, 1.165) is 0 Å². The lowest BCUT2D eigenvalue weighted by Crippen LogP contribution is -2.45. The van der Waals surface area contributed by atoms with Gasteiger partial charge in [0.1, 0.15) is 5.75 Å². The maximum absolute atomic E-state index is 12.4. The number of phenolic OH excluding ortho intramolecular Hbond substituents is 1. The number of hydrogen-bond acceptors (Lipinski definition) is 5. The lowest BCUT2D eigenvalue weighted by Gasteiger charge is -2.32. The summed E-state index contributed by atoms with van der Waals surface area (Å²) >= 11 is 11.7. The number of carbonyl (C=O) groups excluding carboxylic acids is 1. The SMILES string of the molecule is O=C(NC1CCN(c2nccc(=O)[nH]2)CC1)c1cc(Cl)cc(Cl)c1O. The predicted molar refractivity (Wildman–Crippen MR) is 95.7 cm³/mol. The Hall–Kier alpha value is -2.25. The second kappa shape index (κ2) is 7.33. The van der Waals surface area contributed by atoms with Gasteiger partial charge in [0.05, 0.1) is 10.6 Å². The molecule has 25 heavy (non-hydrogen) atoms. The Bertz CT molecular complexity index is 848. The van der Waals surface area contributed by atoms with Gasteiger partial charge in [-0.25, -0.2) is 4.98 Å². The van der Waals surface area contributed by atoms with E-state index in [1.54, 1.807) is 0 Å². The zero-order valence-corrected chi connectivity index (χ0v) is 14.6. The van der Waals surface area contributed by atoms with Gasteiger partial charge in [-0.2, -0.15) is 0 Å². The van der Waals surface area contributed by atoms with Gasteiger partial charge in [0, 0.05) is 36.4 Å². The van der Waals surface area contributed by atoms with E-state index in [1.165, 1.54) is 24.4 Å². The van der Waals surface area contributed by atoms with Gasteiger partial charge in [0.15, 0.2) is 0 Å². The van der Waals surface area contributed by atoms with E-state index in [1.807, 2.05) is 4.90 Å². The largest absolute Gasteiger partial charge is 0.506 e. The summed E-state index contributed by atoms with van der Waals surface area (Å²) in [5.74, 6) is -0.185. The molecular formula is C16H16Cl2N4O3. The van der Waals surface area contributed by atoms with Crippen molar-refractivity contribution in [3.8, 4) is 5.75 Å². The first-order valence-electron chi connectivity index (χ1n) is 7.73. The van der Waals surface area contributed by atoms with Gasteiger partial charge in [0.25, 0.3) is 11.5 Å². The van der Waals surface area contributed by atoms with Gasteiger partial charge in [-0.3, -0.25) is 14.6 Å². The molecule has 3 rings (SSSR count). The van der Waals surface area contributed by atoms with Gasteiger partial charge in [0.2, 0.25) is 5.95 Å². The van der Waals surface area contributed by atoms with Crippen molar-refractivity contribution >= 4 is 35.1 Å². The highest BCUT2D eigenvalue weighted by molar-refractivity contribution is 6.36. The molecule has 1 aromatic heterocycles. The number of benzene rings is 1. The van der Waals surface area contributed by atoms with Crippen molar-refractivity contribution in [3.63, 3.8) is 0 Å². The number of aromatic nitrogens is 2. The third-order valence-corrected chi connectivity index (χ3v) is 4.57. The van der Waals surface area contributed by atoms with Crippen molar-refractivity contribution in [3.05, 3.63) is 50.4 Å². The highest BCUT2D eigenvalue weighted by Crippen LogP contribution is 2.31. The maximum atomic E-state index is 12.4. The van der Waals surface area contributed by atoms with E-state index in [2.05, 4.69) is 15.3 Å². The van der Waals surface area contributed by atoms with Gasteiger partial charge >= 0.3 is 0 Å². The van der Waals surface area contributed by atoms with Crippen LogP contribution < -0.4 is 15.8 Å². The van der Waals surface area contributed by atoms with Gasteiger partial charge in [-0.15, -0.1) is 0 Å². The molecule has 1 amide bonds. The molecule has 0 unspecified atom stereocenters. The fourth-order valence-corrected chi connectivity index (χ4v) is 3.25. The smallest absolute Gasteiger partial charge is 0.255 e. The van der Waals surface area contributed by atoms with Crippen LogP contribution in [-0.2, 0) is 0 Å². The van der Waals surface area contributed by atoms with Crippen molar-refractivity contribution in [1.82, 2.24) is 15.3 Å². The van der Waals surface area contributed by atoms with E-state index in [0.29, 0.717) is 31.9 Å². The first-order valence-corrected chi connectivity index (χ1v) is 8.49. The molecule has 9 heteroatoms. The number of phenols is 1. The van der Waals surface area contributed by atoms with Crippen LogP contribution in [0.2, 0.25) is 10.0 Å². The summed E-state index contributed by atoms with van der Waals surface area (Å²) in [4.78, 5) is 32.5. The zero-order valence-electron chi connectivity index (χ0n) is 13.1. The number of H-pyrrole nitrogens is 1. The molecule has 1 aromatic carbocycles. The van der Waals surface area contributed by atoms with Crippen molar-refractivity contribution in [2.75, 3.05) is 18.0 Å². The standard InChI is InChI=1S/C16H16Cl2N4O3/c17-9-7-11(14(24)12(18)8-9)15(25)20-10-2-5-22(6-3-10)16-19-4-1-13(23)21-16/h1,4,7-8,10,24H,2-3,5-6H2,(H,20,25)(H,19,21,23). The number of amides is 1. The number of piperidine rings is 1. The predicted octanol–water partition coefficient (Wildman–Crippen LogP) is 2.18. The molecule has 1 saturated heterocycles. The van der Waals surface area contributed by atoms with Gasteiger partial charge in [-0.1, -0.05) is 23.2 Å². The lowest BCUT2D eigenvalue weighted by molar-refractivity contribution is 0.0928. The summed E-state index contributed by atoms with van der Waals surface area (Å²) < 4.78 is 0. The van der Waals surface area contributed by atoms with E-state index < -0.39 is 5.91 Å². The Balaban J connectivity index is 1.63. The lowest BCUT2D eigenvalue weighted by atomic mass is 10.0. The average Bonchev–Trinajstić information content (AvgIpc) is 2.58. The van der Waals surface area contributed by atoms with Crippen LogP contribution in [0.3, 0.4) is 0 Å². The normalized spacial score (nSPS) is 15.2. The minimum Gasteiger partial charge on any atom is -0.506 e. The van der Waals surface area contributed by atoms with E-state index in [9.17, 15) is 14.7 Å². The number of halogens is 2. The molecular weight excluding hydrogens is 367 g/mol. The average molecular weight is 383 g/mol. The molecule has 0 spiro atoms. The molecule has 0 atom stereocenters. The second-order valence-corrected chi connectivity index (χ2v) is 6.62. The van der Waals surface area contributed by atoms with Crippen molar-refractivity contribution in [1.29, 1.82) is 0 Å². The van der Waals surface area contributed by atoms with E-state index in [4.69, 9.17) is 23.2 Å². The summed E-state index contributed by atoms with van der Waals surface area (Å²) in [5.41, 5.74) is -0.150. The molecule has 2 aromatic rings. The molecule has 0 aliphatic carbocycles. The van der Waals surface area contributed by atoms with Crippen molar-refractivity contribution < 1.29 is 9.90 Å². The number of rotatable bonds is 3. The Morgan fingerprint density at radius 3 is 2.72 bits per heavy atom. The monoisotopic (exact) mass is 382 g/mol. The molecule has 132 valence electrons. The van der Waals surface area contributed by atoms with Gasteiger partial charge < -0.3 is 15.3 Å². The number of aromatic amines is 1. The Morgan fingerprint density at radius 2 is 2.04 bits per heavy atom. The van der Waals surface area contributed by atoms with Crippen LogP contribution in [0.15, 0.2) is 29.2 Å².